The third-order valence-corrected chi connectivity index (χ3v) is 3.54. The largest absolute Gasteiger partial charge is 0.492 e. The zero-order valence-electron chi connectivity index (χ0n) is 13.6. The molecule has 126 valence electrons. The number of anilines is 2. The predicted molar refractivity (Wildman–Crippen MR) is 95.9 cm³/mol. The van der Waals surface area contributed by atoms with Gasteiger partial charge in [0.25, 0.3) is 5.91 Å². The number of amides is 2. The minimum Gasteiger partial charge on any atom is -0.492 e. The van der Waals surface area contributed by atoms with E-state index in [0.717, 1.165) is 0 Å². The van der Waals surface area contributed by atoms with E-state index in [1.54, 1.807) is 49.4 Å². The molecule has 0 fully saturated rings. The molecule has 0 spiro atoms. The summed E-state index contributed by atoms with van der Waals surface area (Å²) in [6.07, 6.45) is 0.414. The molecule has 0 aliphatic heterocycles. The molecule has 0 unspecified atom stereocenters. The maximum atomic E-state index is 12.3. The van der Waals surface area contributed by atoms with Gasteiger partial charge in [0.15, 0.2) is 0 Å². The molecule has 0 bridgehead atoms. The van der Waals surface area contributed by atoms with Crippen molar-refractivity contribution < 1.29 is 14.3 Å². The first-order chi connectivity index (χ1) is 11.5. The quantitative estimate of drug-likeness (QED) is 0.817. The average Bonchev–Trinajstić information content (AvgIpc) is 2.58. The molecule has 0 heterocycles. The molecule has 2 aromatic carbocycles. The SMILES string of the molecule is CCOc1ccc(C(=O)Nc2ccc(NC(=O)CC)cc2)cc1Cl. The lowest BCUT2D eigenvalue weighted by atomic mass is 10.2. The number of rotatable bonds is 6. The molecule has 2 N–H and O–H groups in total. The highest BCUT2D eigenvalue weighted by Gasteiger charge is 2.10. The van der Waals surface area contributed by atoms with E-state index in [9.17, 15) is 9.59 Å². The van der Waals surface area contributed by atoms with E-state index in [4.69, 9.17) is 16.3 Å². The lowest BCUT2D eigenvalue weighted by Gasteiger charge is -2.09. The zero-order valence-corrected chi connectivity index (χ0v) is 14.3. The summed E-state index contributed by atoms with van der Waals surface area (Å²) < 4.78 is 5.35. The zero-order chi connectivity index (χ0) is 17.5. The summed E-state index contributed by atoms with van der Waals surface area (Å²) in [4.78, 5) is 23.6. The second-order valence-corrected chi connectivity index (χ2v) is 5.42. The third-order valence-electron chi connectivity index (χ3n) is 3.24. The number of halogens is 1. The van der Waals surface area contributed by atoms with Gasteiger partial charge in [-0.05, 0) is 49.4 Å². The molecule has 0 saturated carbocycles. The van der Waals surface area contributed by atoms with Crippen molar-refractivity contribution in [2.45, 2.75) is 20.3 Å². The third kappa shape index (κ3) is 4.73. The van der Waals surface area contributed by atoms with Crippen LogP contribution >= 0.6 is 11.6 Å². The van der Waals surface area contributed by atoms with Crippen molar-refractivity contribution in [3.8, 4) is 5.75 Å². The van der Waals surface area contributed by atoms with Gasteiger partial charge in [0, 0.05) is 23.4 Å². The fraction of sp³-hybridized carbons (Fsp3) is 0.222. The summed E-state index contributed by atoms with van der Waals surface area (Å²) in [6, 6.07) is 11.8. The summed E-state index contributed by atoms with van der Waals surface area (Å²) >= 11 is 6.09. The van der Waals surface area contributed by atoms with Crippen molar-refractivity contribution >= 4 is 34.8 Å². The molecule has 2 amide bonds. The molecule has 0 aliphatic carbocycles. The Hall–Kier alpha value is -2.53. The van der Waals surface area contributed by atoms with Crippen LogP contribution in [-0.2, 0) is 4.79 Å². The Morgan fingerprint density at radius 2 is 1.62 bits per heavy atom. The normalized spacial score (nSPS) is 10.1. The van der Waals surface area contributed by atoms with E-state index in [1.165, 1.54) is 0 Å². The Morgan fingerprint density at radius 3 is 2.17 bits per heavy atom. The molecule has 6 heteroatoms. The first-order valence-electron chi connectivity index (χ1n) is 7.67. The van der Waals surface area contributed by atoms with Crippen molar-refractivity contribution in [2.75, 3.05) is 17.2 Å². The van der Waals surface area contributed by atoms with Crippen LogP contribution < -0.4 is 15.4 Å². The molecule has 0 aliphatic rings. The molecule has 0 aromatic heterocycles. The number of hydrogen-bond donors (Lipinski definition) is 2. The van der Waals surface area contributed by atoms with Gasteiger partial charge in [-0.15, -0.1) is 0 Å². The van der Waals surface area contributed by atoms with Crippen molar-refractivity contribution in [3.05, 3.63) is 53.1 Å². The smallest absolute Gasteiger partial charge is 0.255 e. The highest BCUT2D eigenvalue weighted by Crippen LogP contribution is 2.26. The molecular formula is C18H19ClN2O3. The monoisotopic (exact) mass is 346 g/mol. The molecule has 2 rings (SSSR count). The number of carbonyl (C=O) groups is 2. The van der Waals surface area contributed by atoms with Crippen LogP contribution in [0.4, 0.5) is 11.4 Å². The van der Waals surface area contributed by atoms with Gasteiger partial charge in [-0.2, -0.15) is 0 Å². The Morgan fingerprint density at radius 1 is 1.00 bits per heavy atom. The molecule has 0 radical (unpaired) electrons. The standard InChI is InChI=1S/C18H19ClN2O3/c1-3-17(22)20-13-6-8-14(9-7-13)21-18(23)12-5-10-16(24-4-2)15(19)11-12/h5-11H,3-4H2,1-2H3,(H,20,22)(H,21,23). The number of nitrogens with one attached hydrogen (secondary N) is 2. The van der Waals surface area contributed by atoms with Crippen LogP contribution in [0.15, 0.2) is 42.5 Å². The predicted octanol–water partition coefficient (Wildman–Crippen LogP) is 4.34. The Labute approximate surface area is 146 Å². The van der Waals surface area contributed by atoms with Gasteiger partial charge in [0.2, 0.25) is 5.91 Å². The molecule has 0 saturated heterocycles. The minimum atomic E-state index is -0.273. The van der Waals surface area contributed by atoms with E-state index < -0.39 is 0 Å². The molecular weight excluding hydrogens is 328 g/mol. The second kappa shape index (κ2) is 8.36. The van der Waals surface area contributed by atoms with E-state index in [0.29, 0.717) is 40.7 Å². The van der Waals surface area contributed by atoms with E-state index in [-0.39, 0.29) is 11.8 Å². The van der Waals surface area contributed by atoms with Crippen molar-refractivity contribution in [3.63, 3.8) is 0 Å². The van der Waals surface area contributed by atoms with Gasteiger partial charge in [-0.1, -0.05) is 18.5 Å². The summed E-state index contributed by atoms with van der Waals surface area (Å²) in [5.74, 6) is 0.216. The van der Waals surface area contributed by atoms with Gasteiger partial charge in [-0.3, -0.25) is 9.59 Å². The molecule has 24 heavy (non-hydrogen) atoms. The fourth-order valence-corrected chi connectivity index (χ4v) is 2.24. The number of hydrogen-bond acceptors (Lipinski definition) is 3. The maximum Gasteiger partial charge on any atom is 0.255 e. The second-order valence-electron chi connectivity index (χ2n) is 5.01. The highest BCUT2D eigenvalue weighted by molar-refractivity contribution is 6.32. The first kappa shape index (κ1) is 17.8. The summed E-state index contributed by atoms with van der Waals surface area (Å²) in [6.45, 7) is 4.15. The van der Waals surface area contributed by atoms with Crippen molar-refractivity contribution in [1.82, 2.24) is 0 Å². The molecule has 0 atom stereocenters. The van der Waals surface area contributed by atoms with Crippen LogP contribution in [0.25, 0.3) is 0 Å². The maximum absolute atomic E-state index is 12.3. The van der Waals surface area contributed by atoms with Gasteiger partial charge in [0.1, 0.15) is 5.75 Å². The number of carbonyl (C=O) groups excluding carboxylic acids is 2. The molecule has 2 aromatic rings. The van der Waals surface area contributed by atoms with Gasteiger partial charge in [-0.25, -0.2) is 0 Å². The van der Waals surface area contributed by atoms with Gasteiger partial charge < -0.3 is 15.4 Å². The molecule has 5 nitrogen and oxygen atoms in total. The van der Waals surface area contributed by atoms with Crippen LogP contribution in [0.2, 0.25) is 5.02 Å². The van der Waals surface area contributed by atoms with Crippen LogP contribution in [-0.4, -0.2) is 18.4 Å². The van der Waals surface area contributed by atoms with Crippen molar-refractivity contribution in [2.24, 2.45) is 0 Å². The Bertz CT molecular complexity index is 730. The highest BCUT2D eigenvalue weighted by atomic mass is 35.5. The van der Waals surface area contributed by atoms with Crippen LogP contribution in [0.5, 0.6) is 5.75 Å². The lowest BCUT2D eigenvalue weighted by molar-refractivity contribution is -0.115. The Kier molecular flexibility index (Phi) is 6.21. The van der Waals surface area contributed by atoms with E-state index in [1.807, 2.05) is 6.92 Å². The average molecular weight is 347 g/mol. The van der Waals surface area contributed by atoms with Crippen molar-refractivity contribution in [1.29, 1.82) is 0 Å². The number of benzene rings is 2. The van der Waals surface area contributed by atoms with Crippen LogP contribution in [0, 0.1) is 0 Å². The van der Waals surface area contributed by atoms with E-state index >= 15 is 0 Å². The summed E-state index contributed by atoms with van der Waals surface area (Å²) in [5, 5.41) is 5.92. The van der Waals surface area contributed by atoms with Crippen LogP contribution in [0.3, 0.4) is 0 Å². The first-order valence-corrected chi connectivity index (χ1v) is 8.05. The summed E-state index contributed by atoms with van der Waals surface area (Å²) in [7, 11) is 0. The lowest BCUT2D eigenvalue weighted by Crippen LogP contribution is -2.12. The summed E-state index contributed by atoms with van der Waals surface area (Å²) in [5.41, 5.74) is 1.75. The minimum absolute atomic E-state index is 0.0594. The number of ether oxygens (including phenoxy) is 1. The van der Waals surface area contributed by atoms with Crippen LogP contribution in [0.1, 0.15) is 30.6 Å². The Balaban J connectivity index is 2.04. The van der Waals surface area contributed by atoms with Gasteiger partial charge in [0.05, 0.1) is 11.6 Å². The topological polar surface area (TPSA) is 67.4 Å². The fourth-order valence-electron chi connectivity index (χ4n) is 2.00. The van der Waals surface area contributed by atoms with Gasteiger partial charge >= 0.3 is 0 Å². The van der Waals surface area contributed by atoms with E-state index in [2.05, 4.69) is 10.6 Å².